The molecule has 0 unspecified atom stereocenters. The van der Waals surface area contributed by atoms with Crippen molar-refractivity contribution >= 4 is 53.6 Å². The van der Waals surface area contributed by atoms with Gasteiger partial charge in [0, 0.05) is 57.9 Å². The highest BCUT2D eigenvalue weighted by molar-refractivity contribution is 8.34. The molecule has 14 aromatic rings. The van der Waals surface area contributed by atoms with Gasteiger partial charge in [-0.2, -0.15) is 9.97 Å². The lowest BCUT2D eigenvalue weighted by Gasteiger charge is -2.42. The second-order valence-corrected chi connectivity index (χ2v) is 21.9. The molecule has 0 aliphatic rings. The SMILES string of the molecule is c1ccc(-c2cc(-c3ccccc3)cc(-c3nc(-c4cccc(S(c5ccccc5)(c5ccccc5)c5ccccc5)c4)nc(-n4c5ccccc5c5cc(-n6c7ccccc7c7ccccc76)ccc54)n3)c2)cc1. The Labute approximate surface area is 436 Å². The van der Waals surface area contributed by atoms with Crippen molar-refractivity contribution in [1.82, 2.24) is 24.1 Å². The number of hydrogen-bond acceptors (Lipinski definition) is 3. The van der Waals surface area contributed by atoms with E-state index in [0.717, 1.165) is 60.9 Å². The third kappa shape index (κ3) is 7.53. The minimum Gasteiger partial charge on any atom is -0.309 e. The summed E-state index contributed by atoms with van der Waals surface area (Å²) in [6.45, 7) is 0. The third-order valence-electron chi connectivity index (χ3n) is 14.5. The first kappa shape index (κ1) is 44.1. The molecule has 0 bridgehead atoms. The number of fused-ring (bicyclic) bond motifs is 6. The smallest absolute Gasteiger partial charge is 0.238 e. The van der Waals surface area contributed by atoms with Crippen LogP contribution < -0.4 is 0 Å². The van der Waals surface area contributed by atoms with E-state index in [1.165, 1.54) is 41.4 Å². The lowest BCUT2D eigenvalue weighted by Crippen LogP contribution is -2.08. The maximum atomic E-state index is 5.57. The molecule has 14 rings (SSSR count). The molecule has 0 saturated heterocycles. The van der Waals surface area contributed by atoms with Crippen LogP contribution in [0.25, 0.3) is 100 Å². The molecule has 0 saturated carbocycles. The summed E-state index contributed by atoms with van der Waals surface area (Å²) in [6.07, 6.45) is 0. The molecule has 5 nitrogen and oxygen atoms in total. The summed E-state index contributed by atoms with van der Waals surface area (Å²) in [4.78, 5) is 21.6. The highest BCUT2D eigenvalue weighted by Crippen LogP contribution is 2.73. The average molecular weight is 978 g/mol. The molecule has 0 aliphatic heterocycles. The fourth-order valence-electron chi connectivity index (χ4n) is 11.1. The summed E-state index contributed by atoms with van der Waals surface area (Å²) >= 11 is 0. The number of para-hydroxylation sites is 3. The molecule has 0 spiro atoms. The summed E-state index contributed by atoms with van der Waals surface area (Å²) in [5, 5.41) is 4.67. The van der Waals surface area contributed by atoms with Crippen LogP contribution in [0.5, 0.6) is 0 Å². The fourth-order valence-corrected chi connectivity index (χ4v) is 15.0. The normalized spacial score (nSPS) is 11.9. The number of aromatic nitrogens is 5. The topological polar surface area (TPSA) is 48.5 Å². The van der Waals surface area contributed by atoms with Crippen molar-refractivity contribution in [3.63, 3.8) is 0 Å². The van der Waals surface area contributed by atoms with Crippen LogP contribution >= 0.6 is 10.0 Å². The van der Waals surface area contributed by atoms with E-state index >= 15 is 0 Å². The molecule has 354 valence electrons. The van der Waals surface area contributed by atoms with Gasteiger partial charge in [-0.3, -0.25) is 4.57 Å². The summed E-state index contributed by atoms with van der Waals surface area (Å²) in [6, 6.07) is 102. The molecular weight excluding hydrogens is 931 g/mol. The molecule has 0 aliphatic carbocycles. The van der Waals surface area contributed by atoms with Crippen LogP contribution in [0, 0.1) is 0 Å². The van der Waals surface area contributed by atoms with Crippen LogP contribution in [0.4, 0.5) is 0 Å². The van der Waals surface area contributed by atoms with Gasteiger partial charge in [-0.15, -0.1) is 10.0 Å². The summed E-state index contributed by atoms with van der Waals surface area (Å²) in [7, 11) is -2.02. The Balaban J connectivity index is 1.03. The molecule has 6 heteroatoms. The van der Waals surface area contributed by atoms with Crippen LogP contribution in [0.1, 0.15) is 0 Å². The van der Waals surface area contributed by atoms with E-state index < -0.39 is 10.0 Å². The Morgan fingerprint density at radius 3 is 1.15 bits per heavy atom. The molecular formula is C69H47N5S. The second-order valence-electron chi connectivity index (χ2n) is 18.8. The zero-order valence-corrected chi connectivity index (χ0v) is 41.6. The van der Waals surface area contributed by atoms with Gasteiger partial charge in [-0.25, -0.2) is 4.98 Å². The number of hydrogen-bond donors (Lipinski definition) is 0. The number of nitrogens with zero attached hydrogens (tertiary/aromatic N) is 5. The Hall–Kier alpha value is -9.62. The minimum atomic E-state index is -2.02. The average Bonchev–Trinajstić information content (AvgIpc) is 4.04. The van der Waals surface area contributed by atoms with E-state index in [9.17, 15) is 0 Å². The van der Waals surface area contributed by atoms with Gasteiger partial charge in [-0.05, 0) is 125 Å². The third-order valence-corrected chi connectivity index (χ3v) is 18.4. The monoisotopic (exact) mass is 977 g/mol. The lowest BCUT2D eigenvalue weighted by atomic mass is 9.96. The standard InChI is InChI=1S/C69H47N5S/c1-6-23-48(24-7-1)51-43-52(49-25-8-2-9-26-49)45-53(44-51)68-70-67(50-27-22-34-58(46-50)75(55-28-10-3-11-29-55,56-30-12-4-13-31-56)57-32-14-5-15-33-57)71-69(72-68)74-65-40-21-18-37-61(65)62-47-54(41-42-66(62)74)73-63-38-19-16-35-59(63)60-36-17-20-39-64(60)73/h1-47H. The number of benzene rings is 11. The van der Waals surface area contributed by atoms with Crippen molar-refractivity contribution in [3.05, 3.63) is 285 Å². The van der Waals surface area contributed by atoms with Crippen LogP contribution in [0.3, 0.4) is 0 Å². The van der Waals surface area contributed by atoms with Crippen molar-refractivity contribution in [3.8, 4) is 56.7 Å². The zero-order valence-electron chi connectivity index (χ0n) is 40.8. The molecule has 0 radical (unpaired) electrons. The Morgan fingerprint density at radius 1 is 0.240 bits per heavy atom. The zero-order chi connectivity index (χ0) is 49.7. The van der Waals surface area contributed by atoms with E-state index in [1.54, 1.807) is 0 Å². The van der Waals surface area contributed by atoms with Gasteiger partial charge in [0.1, 0.15) is 0 Å². The van der Waals surface area contributed by atoms with E-state index in [2.05, 4.69) is 294 Å². The first-order valence-corrected chi connectivity index (χ1v) is 27.0. The van der Waals surface area contributed by atoms with Gasteiger partial charge >= 0.3 is 0 Å². The first-order chi connectivity index (χ1) is 37.2. The van der Waals surface area contributed by atoms with Crippen LogP contribution in [0.2, 0.25) is 0 Å². The van der Waals surface area contributed by atoms with Crippen molar-refractivity contribution in [1.29, 1.82) is 0 Å². The second kappa shape index (κ2) is 18.5. The van der Waals surface area contributed by atoms with Gasteiger partial charge < -0.3 is 4.57 Å². The molecule has 11 aromatic carbocycles. The van der Waals surface area contributed by atoms with Gasteiger partial charge in [0.15, 0.2) is 11.6 Å². The van der Waals surface area contributed by atoms with Gasteiger partial charge in [-0.1, -0.05) is 182 Å². The highest BCUT2D eigenvalue weighted by atomic mass is 32.3. The Morgan fingerprint density at radius 2 is 0.627 bits per heavy atom. The molecule has 0 amide bonds. The van der Waals surface area contributed by atoms with E-state index in [0.29, 0.717) is 17.6 Å². The van der Waals surface area contributed by atoms with Gasteiger partial charge in [0.25, 0.3) is 0 Å². The minimum absolute atomic E-state index is 0.537. The first-order valence-electron chi connectivity index (χ1n) is 25.3. The fraction of sp³-hybridized carbons (Fsp3) is 0. The lowest BCUT2D eigenvalue weighted by molar-refractivity contribution is 0.953. The van der Waals surface area contributed by atoms with Crippen LogP contribution in [-0.2, 0) is 0 Å². The van der Waals surface area contributed by atoms with Gasteiger partial charge in [0.2, 0.25) is 5.95 Å². The van der Waals surface area contributed by atoms with E-state index in [1.807, 2.05) is 0 Å². The molecule has 3 heterocycles. The highest BCUT2D eigenvalue weighted by Gasteiger charge is 2.34. The van der Waals surface area contributed by atoms with Crippen LogP contribution in [-0.4, -0.2) is 24.1 Å². The van der Waals surface area contributed by atoms with Gasteiger partial charge in [0.05, 0.1) is 22.1 Å². The van der Waals surface area contributed by atoms with Crippen molar-refractivity contribution < 1.29 is 0 Å². The molecule has 0 N–H and O–H groups in total. The van der Waals surface area contributed by atoms with Crippen molar-refractivity contribution in [2.75, 3.05) is 0 Å². The molecule has 0 fully saturated rings. The maximum absolute atomic E-state index is 5.57. The number of rotatable bonds is 10. The molecule has 75 heavy (non-hydrogen) atoms. The largest absolute Gasteiger partial charge is 0.309 e. The van der Waals surface area contributed by atoms with Crippen molar-refractivity contribution in [2.45, 2.75) is 19.6 Å². The molecule has 3 aromatic heterocycles. The van der Waals surface area contributed by atoms with E-state index in [4.69, 9.17) is 15.0 Å². The summed E-state index contributed by atoms with van der Waals surface area (Å²) in [5.74, 6) is 1.70. The Bertz CT molecular complexity index is 4190. The maximum Gasteiger partial charge on any atom is 0.238 e. The summed E-state index contributed by atoms with van der Waals surface area (Å²) < 4.78 is 4.61. The Kier molecular flexibility index (Phi) is 10.9. The van der Waals surface area contributed by atoms with Crippen LogP contribution in [0.15, 0.2) is 305 Å². The predicted molar refractivity (Wildman–Crippen MR) is 310 cm³/mol. The summed E-state index contributed by atoms with van der Waals surface area (Å²) in [5.41, 5.74) is 11.6. The van der Waals surface area contributed by atoms with Crippen molar-refractivity contribution in [2.24, 2.45) is 0 Å². The quantitative estimate of drug-likeness (QED) is 0.137. The predicted octanol–water partition coefficient (Wildman–Crippen LogP) is 18.1. The molecule has 0 atom stereocenters. The van der Waals surface area contributed by atoms with E-state index in [-0.39, 0.29) is 0 Å².